The minimum atomic E-state index is -1.45. The fourth-order valence-corrected chi connectivity index (χ4v) is 11.2. The fourth-order valence-electron chi connectivity index (χ4n) is 11.2. The molecule has 17 atom stereocenters. The van der Waals surface area contributed by atoms with Gasteiger partial charge in [0.2, 0.25) is 17.7 Å². The lowest BCUT2D eigenvalue weighted by Gasteiger charge is -2.51. The Kier molecular flexibility index (Phi) is 23.9. The largest absolute Gasteiger partial charge is 0.508 e. The minimum Gasteiger partial charge on any atom is -0.508 e. The Morgan fingerprint density at radius 2 is 1.72 bits per heavy atom. The van der Waals surface area contributed by atoms with Gasteiger partial charge in [0, 0.05) is 61.8 Å². The Labute approximate surface area is 461 Å². The maximum absolute atomic E-state index is 14.5. The van der Waals surface area contributed by atoms with Gasteiger partial charge in [-0.2, -0.15) is 0 Å². The van der Waals surface area contributed by atoms with Crippen molar-refractivity contribution in [3.05, 3.63) is 77.9 Å². The highest BCUT2D eigenvalue weighted by Crippen LogP contribution is 2.43. The number of hydrazine groups is 1. The molecule has 4 heterocycles. The number of ether oxygens (including phenoxy) is 2. The van der Waals surface area contributed by atoms with Crippen molar-refractivity contribution in [1.29, 1.82) is 0 Å². The number of hydrogen-bond donors (Lipinski definition) is 9. The molecular weight excluding hydrogens is 999 g/mol. The average Bonchev–Trinajstić information content (AvgIpc) is 3.48. The number of carbonyl (C=O) groups excluding carboxylic acids is 6. The molecule has 434 valence electrons. The van der Waals surface area contributed by atoms with Crippen LogP contribution in [-0.2, 0) is 44.7 Å². The Balaban J connectivity index is 1.34. The first-order valence-electron chi connectivity index (χ1n) is 28.4. The van der Waals surface area contributed by atoms with Gasteiger partial charge in [-0.15, -0.1) is 0 Å². The number of fused-ring (bicyclic) bond motifs is 2. The van der Waals surface area contributed by atoms with Gasteiger partial charge >= 0.3 is 5.97 Å². The smallest absolute Gasteiger partial charge is 0.325 e. The molecule has 1 aromatic carbocycles. The predicted molar refractivity (Wildman–Crippen MR) is 295 cm³/mol. The number of aliphatic hydroxyl groups is 4. The van der Waals surface area contributed by atoms with Gasteiger partial charge in [0.25, 0.3) is 5.91 Å². The number of benzene rings is 1. The summed E-state index contributed by atoms with van der Waals surface area (Å²) in [5.74, 6) is -6.33. The summed E-state index contributed by atoms with van der Waals surface area (Å²) in [5.41, 5.74) is 3.62. The minimum absolute atomic E-state index is 0.00812. The topological polar surface area (TPSA) is 273 Å². The second-order valence-electron chi connectivity index (χ2n) is 23.2. The molecule has 4 aliphatic heterocycles. The number of Topliss-reactive ketones (excluding diaryl/α,β-unsaturated/α-hetero) is 1. The second-order valence-corrected chi connectivity index (χ2v) is 23.2. The molecule has 0 saturated carbocycles. The molecule has 2 bridgehead atoms. The van der Waals surface area contributed by atoms with Gasteiger partial charge in [-0.05, 0) is 93.9 Å². The number of cyclic esters (lactones) is 1. The Morgan fingerprint density at radius 1 is 0.987 bits per heavy atom. The van der Waals surface area contributed by atoms with Crippen LogP contribution in [0.15, 0.2) is 72.4 Å². The van der Waals surface area contributed by atoms with E-state index in [9.17, 15) is 54.3 Å². The number of allylic oxidation sites excluding steroid dienone is 3. The first-order chi connectivity index (χ1) is 36.9. The molecule has 4 amide bonds. The van der Waals surface area contributed by atoms with Crippen LogP contribution in [0.1, 0.15) is 139 Å². The quantitative estimate of drug-likeness (QED) is 0.0741. The zero-order valence-corrected chi connectivity index (χ0v) is 47.6. The number of rotatable bonds is 16. The lowest BCUT2D eigenvalue weighted by Crippen LogP contribution is -2.64. The lowest BCUT2D eigenvalue weighted by atomic mass is 9.75. The normalized spacial score (nSPS) is 33.6. The number of phenolic OH excluding ortho intramolecular Hbond substituents is 1. The SMILES string of the molecule is CC[C@H]1C[C@H](C)[C@@]2(NC1=O)O[C@@H](C[C@H](O)[C@@H](C)CC/C=C/C(O)C(C)[C@@H]1C/C=C/C=C/[C@H](O)[C@H](C)[C@@H](O)[C@@H](CCC(C)=O)C(=O)N[C@@H](C(C)C)C(=O)N[C@@H](Cc3cccc(O)c3)C(=O)N3CCCC(N3)C(=O)O1)[C@H](C)C=C2C. The van der Waals surface area contributed by atoms with Gasteiger partial charge in [0.1, 0.15) is 35.8 Å². The summed E-state index contributed by atoms with van der Waals surface area (Å²) in [6.07, 6.45) is 10.0. The number of nitrogens with zero attached hydrogens (tertiary/aromatic N) is 1. The maximum Gasteiger partial charge on any atom is 0.325 e. The summed E-state index contributed by atoms with van der Waals surface area (Å²) in [5, 5.41) is 66.3. The highest BCUT2D eigenvalue weighted by Gasteiger charge is 2.51. The number of hydrogen-bond acceptors (Lipinski definition) is 14. The summed E-state index contributed by atoms with van der Waals surface area (Å²) >= 11 is 0. The first kappa shape index (κ1) is 63.6. The van der Waals surface area contributed by atoms with E-state index in [2.05, 4.69) is 41.3 Å². The van der Waals surface area contributed by atoms with Crippen LogP contribution in [0.2, 0.25) is 0 Å². The maximum atomic E-state index is 14.5. The average molecular weight is 1090 g/mol. The van der Waals surface area contributed by atoms with E-state index in [1.54, 1.807) is 64.1 Å². The molecular formula is C60H91N5O13. The fraction of sp³-hybridized carbons (Fsp3) is 0.667. The highest BCUT2D eigenvalue weighted by atomic mass is 16.5. The van der Waals surface area contributed by atoms with Gasteiger partial charge in [0.15, 0.2) is 5.72 Å². The molecule has 1 aromatic rings. The molecule has 0 aromatic heterocycles. The van der Waals surface area contributed by atoms with Crippen molar-refractivity contribution in [2.75, 3.05) is 6.54 Å². The molecule has 5 rings (SSSR count). The van der Waals surface area contributed by atoms with Gasteiger partial charge in [0.05, 0.1) is 36.4 Å². The Hall–Kier alpha value is -5.24. The number of aliphatic hydroxyl groups excluding tert-OH is 4. The Morgan fingerprint density at radius 3 is 2.40 bits per heavy atom. The van der Waals surface area contributed by atoms with Gasteiger partial charge in [-0.3, -0.25) is 29.0 Å². The number of piperidine rings is 1. The molecule has 78 heavy (non-hydrogen) atoms. The molecule has 0 radical (unpaired) electrons. The van der Waals surface area contributed by atoms with Gasteiger partial charge in [-0.25, -0.2) is 5.43 Å². The van der Waals surface area contributed by atoms with E-state index in [1.807, 2.05) is 26.8 Å². The summed E-state index contributed by atoms with van der Waals surface area (Å²) < 4.78 is 12.9. The zero-order valence-electron chi connectivity index (χ0n) is 47.6. The van der Waals surface area contributed by atoms with E-state index in [-0.39, 0.29) is 79.4 Å². The summed E-state index contributed by atoms with van der Waals surface area (Å²) in [6.45, 7) is 18.4. The third kappa shape index (κ3) is 16.9. The summed E-state index contributed by atoms with van der Waals surface area (Å²) in [6, 6.07) is 2.79. The van der Waals surface area contributed by atoms with Crippen molar-refractivity contribution in [2.45, 2.75) is 200 Å². The predicted octanol–water partition coefficient (Wildman–Crippen LogP) is 5.41. The van der Waals surface area contributed by atoms with Crippen LogP contribution in [0.5, 0.6) is 5.75 Å². The molecule has 2 saturated heterocycles. The molecule has 3 unspecified atom stereocenters. The van der Waals surface area contributed by atoms with Crippen molar-refractivity contribution >= 4 is 35.4 Å². The van der Waals surface area contributed by atoms with Crippen LogP contribution >= 0.6 is 0 Å². The molecule has 4 aliphatic rings. The van der Waals surface area contributed by atoms with E-state index in [1.165, 1.54) is 30.1 Å². The van der Waals surface area contributed by atoms with Crippen molar-refractivity contribution in [3.63, 3.8) is 0 Å². The molecule has 18 heteroatoms. The van der Waals surface area contributed by atoms with Gasteiger partial charge in [-0.1, -0.05) is 110 Å². The van der Waals surface area contributed by atoms with Crippen LogP contribution in [0.3, 0.4) is 0 Å². The molecule has 18 nitrogen and oxygen atoms in total. The summed E-state index contributed by atoms with van der Waals surface area (Å²) in [7, 11) is 0. The number of amides is 4. The number of carbonyl (C=O) groups is 6. The number of ketones is 1. The lowest BCUT2D eigenvalue weighted by molar-refractivity contribution is -0.179. The number of esters is 1. The van der Waals surface area contributed by atoms with Crippen molar-refractivity contribution in [1.82, 2.24) is 26.4 Å². The van der Waals surface area contributed by atoms with Crippen molar-refractivity contribution in [2.24, 2.45) is 47.3 Å². The first-order valence-corrected chi connectivity index (χ1v) is 28.4. The van der Waals surface area contributed by atoms with E-state index in [0.29, 0.717) is 37.7 Å². The third-order valence-electron chi connectivity index (χ3n) is 16.7. The molecule has 9 N–H and O–H groups in total. The monoisotopic (exact) mass is 1090 g/mol. The summed E-state index contributed by atoms with van der Waals surface area (Å²) in [4.78, 5) is 82.2. The van der Waals surface area contributed by atoms with E-state index < -0.39 is 102 Å². The second kappa shape index (κ2) is 29.3. The zero-order chi connectivity index (χ0) is 57.6. The van der Waals surface area contributed by atoms with Crippen LogP contribution in [0, 0.1) is 47.3 Å². The highest BCUT2D eigenvalue weighted by molar-refractivity contribution is 5.93. The number of aromatic hydroxyl groups is 1. The Bertz CT molecular complexity index is 2340. The number of nitrogens with one attached hydrogen (secondary N) is 4. The standard InChI is InChI=1S/C60H91N5O13/c1-11-43-30-38(7)60(63-55(43)72)37(6)29-36(5)52(78-60)33-50(70)35(4)19-15-16-24-48(68)40(9)51-25-14-12-13-23-49(69)41(10)54(71)45(27-26-39(8)66)56(73)62-53(34(2)3)57(74)61-47(32-42-20-17-21-44(67)31-42)58(75)65-28-18-22-46(64-65)59(76)77-51/h12-14,16-17,20-21,23-24,29,31,34-36,38,40-41,43,45-54,64,67-71H,11,15,18-19,22,25-28,30,32-33H2,1-10H3,(H,61,74)(H,62,73)(H,63,72)/b14-12+,23-13+,24-16+/t35-,36+,38-,40?,41-,43-,45+,46?,47-,48?,49-,50-,51-,52-,53-,54+,60-/m0/s1. The van der Waals surface area contributed by atoms with Crippen LogP contribution in [-0.4, -0.2) is 133 Å². The third-order valence-corrected chi connectivity index (χ3v) is 16.7. The van der Waals surface area contributed by atoms with Crippen LogP contribution in [0.4, 0.5) is 0 Å². The van der Waals surface area contributed by atoms with E-state index >= 15 is 0 Å². The van der Waals surface area contributed by atoms with E-state index in [0.717, 1.165) is 18.4 Å². The number of phenols is 1. The van der Waals surface area contributed by atoms with Crippen molar-refractivity contribution < 1.29 is 63.8 Å². The van der Waals surface area contributed by atoms with E-state index in [4.69, 9.17) is 9.47 Å². The van der Waals surface area contributed by atoms with Crippen LogP contribution in [0.25, 0.3) is 0 Å². The molecule has 1 spiro atoms. The van der Waals surface area contributed by atoms with Crippen molar-refractivity contribution in [3.8, 4) is 5.75 Å². The molecule has 0 aliphatic carbocycles. The van der Waals surface area contributed by atoms with Gasteiger partial charge < -0.3 is 55.8 Å². The molecule has 2 fully saturated rings. The van der Waals surface area contributed by atoms with Crippen LogP contribution < -0.4 is 21.4 Å².